The fraction of sp³-hybridized carbons (Fsp3) is 0.583. The highest BCUT2D eigenvalue weighted by molar-refractivity contribution is 5.79. The van der Waals surface area contributed by atoms with Gasteiger partial charge in [0, 0.05) is 0 Å². The fourth-order valence-corrected chi connectivity index (χ4v) is 4.12. The molecule has 0 amide bonds. The lowest BCUT2D eigenvalue weighted by molar-refractivity contribution is -0.162. The summed E-state index contributed by atoms with van der Waals surface area (Å²) in [4.78, 5) is 40.7. The first kappa shape index (κ1) is 39.8. The van der Waals surface area contributed by atoms with Crippen LogP contribution in [0.3, 0.4) is 0 Å². The summed E-state index contributed by atoms with van der Waals surface area (Å²) in [6, 6.07) is 0. The molecule has 0 N–H and O–H groups in total. The molecule has 7 nitrogen and oxygen atoms in total. The van der Waals surface area contributed by atoms with Crippen LogP contribution in [0.5, 0.6) is 0 Å². The number of carbonyl (C=O) groups excluding carboxylic acids is 3. The van der Waals surface area contributed by atoms with Crippen molar-refractivity contribution in [2.24, 2.45) is 0 Å². The molecule has 242 valence electrons. The predicted molar refractivity (Wildman–Crippen MR) is 177 cm³/mol. The number of carbonyl (C=O) groups is 3. The number of nitrogens with zero attached hydrogens (tertiary/aromatic N) is 1. The van der Waals surface area contributed by atoms with E-state index in [1.807, 2.05) is 41.5 Å². The summed E-state index contributed by atoms with van der Waals surface area (Å²) < 4.78 is 17.3. The van der Waals surface area contributed by atoms with Gasteiger partial charge in [0.05, 0.1) is 19.6 Å². The molecule has 0 aromatic rings. The quantitative estimate of drug-likeness (QED) is 0.0751. The maximum Gasteiger partial charge on any atom is 0.321 e. The van der Waals surface area contributed by atoms with Crippen molar-refractivity contribution in [3.8, 4) is 0 Å². The number of esters is 3. The first-order chi connectivity index (χ1) is 19.9. The van der Waals surface area contributed by atoms with E-state index in [9.17, 15) is 14.4 Å². The zero-order valence-electron chi connectivity index (χ0n) is 28.3. The van der Waals surface area contributed by atoms with Crippen LogP contribution in [-0.2, 0) is 28.6 Å². The number of ether oxygens (including phenoxy) is 3. The molecule has 7 heteroatoms. The summed E-state index contributed by atoms with van der Waals surface area (Å²) in [5.41, 5.74) is 0.777. The van der Waals surface area contributed by atoms with E-state index in [0.717, 1.165) is 0 Å². The number of allylic oxidation sites excluding steroid dienone is 6. The molecule has 0 fully saturated rings. The van der Waals surface area contributed by atoms with Crippen molar-refractivity contribution >= 4 is 17.9 Å². The van der Waals surface area contributed by atoms with Gasteiger partial charge in [0.25, 0.3) is 0 Å². The highest BCUT2D eigenvalue weighted by Crippen LogP contribution is 2.23. The van der Waals surface area contributed by atoms with Crippen LogP contribution >= 0.6 is 0 Å². The molecular formula is C36H57NO6. The number of hydrogen-bond donors (Lipinski definition) is 0. The Morgan fingerprint density at radius 2 is 0.767 bits per heavy atom. The molecule has 0 rings (SSSR count). The van der Waals surface area contributed by atoms with Crippen molar-refractivity contribution in [2.45, 2.75) is 118 Å². The minimum Gasteiger partial charge on any atom is -0.454 e. The summed E-state index contributed by atoms with van der Waals surface area (Å²) in [6.45, 7) is 28.0. The van der Waals surface area contributed by atoms with E-state index in [4.69, 9.17) is 14.2 Å². The van der Waals surface area contributed by atoms with Crippen molar-refractivity contribution in [1.82, 2.24) is 4.90 Å². The maximum absolute atomic E-state index is 13.1. The van der Waals surface area contributed by atoms with E-state index in [-0.39, 0.29) is 19.6 Å². The SMILES string of the molecule is C=CC(C)(CCC=C(C)C)OC(=O)CN(CC(=O)OC(C)(C=C)CCC=C(C)C)CC(=O)OC(C)(C=C)CCC=C(C)C. The Bertz CT molecular complexity index is 924. The van der Waals surface area contributed by atoms with Gasteiger partial charge in [-0.05, 0) is 119 Å². The largest absolute Gasteiger partial charge is 0.454 e. The lowest BCUT2D eigenvalue weighted by Crippen LogP contribution is -2.44. The normalized spacial score (nSPS) is 14.9. The van der Waals surface area contributed by atoms with Crippen LogP contribution in [0, 0.1) is 0 Å². The molecule has 0 aliphatic carbocycles. The van der Waals surface area contributed by atoms with Crippen molar-refractivity contribution in [2.75, 3.05) is 19.6 Å². The molecule has 0 radical (unpaired) electrons. The van der Waals surface area contributed by atoms with Crippen LogP contribution in [0.4, 0.5) is 0 Å². The topological polar surface area (TPSA) is 82.1 Å². The minimum absolute atomic E-state index is 0.318. The molecule has 3 atom stereocenters. The van der Waals surface area contributed by atoms with Crippen LogP contribution in [0.1, 0.15) is 101 Å². The zero-order valence-corrected chi connectivity index (χ0v) is 28.3. The third kappa shape index (κ3) is 18.2. The fourth-order valence-electron chi connectivity index (χ4n) is 4.12. The zero-order chi connectivity index (χ0) is 33.3. The van der Waals surface area contributed by atoms with Gasteiger partial charge in [-0.2, -0.15) is 0 Å². The molecule has 43 heavy (non-hydrogen) atoms. The Morgan fingerprint density at radius 3 is 0.953 bits per heavy atom. The van der Waals surface area contributed by atoms with Crippen LogP contribution in [0.25, 0.3) is 0 Å². The van der Waals surface area contributed by atoms with Gasteiger partial charge < -0.3 is 14.2 Å². The smallest absolute Gasteiger partial charge is 0.321 e. The van der Waals surface area contributed by atoms with E-state index in [1.54, 1.807) is 39.0 Å². The maximum atomic E-state index is 13.1. The minimum atomic E-state index is -0.908. The first-order valence-electron chi connectivity index (χ1n) is 15.1. The summed E-state index contributed by atoms with van der Waals surface area (Å²) in [5.74, 6) is -1.78. The highest BCUT2D eigenvalue weighted by atomic mass is 16.6. The van der Waals surface area contributed by atoms with Crippen molar-refractivity contribution in [3.05, 3.63) is 72.9 Å². The Labute approximate surface area is 261 Å². The molecule has 0 spiro atoms. The average Bonchev–Trinajstić information content (AvgIpc) is 2.87. The molecular weight excluding hydrogens is 542 g/mol. The second kappa shape index (κ2) is 19.2. The molecule has 0 bridgehead atoms. The molecule has 0 saturated carbocycles. The predicted octanol–water partition coefficient (Wildman–Crippen LogP) is 7.99. The Morgan fingerprint density at radius 1 is 0.535 bits per heavy atom. The summed E-state index contributed by atoms with van der Waals surface area (Å²) in [5, 5.41) is 0. The molecule has 0 aromatic heterocycles. The van der Waals surface area contributed by atoms with E-state index in [0.29, 0.717) is 38.5 Å². The van der Waals surface area contributed by atoms with E-state index >= 15 is 0 Å². The molecule has 0 heterocycles. The van der Waals surface area contributed by atoms with Crippen LogP contribution < -0.4 is 0 Å². The second-order valence-corrected chi connectivity index (χ2v) is 12.6. The summed E-state index contributed by atoms with van der Waals surface area (Å²) in [7, 11) is 0. The van der Waals surface area contributed by atoms with Gasteiger partial charge in [-0.3, -0.25) is 19.3 Å². The third-order valence-corrected chi connectivity index (χ3v) is 6.97. The lowest BCUT2D eigenvalue weighted by Gasteiger charge is -2.30. The molecule has 0 aliphatic heterocycles. The molecule has 0 aromatic carbocycles. The average molecular weight is 600 g/mol. The Kier molecular flexibility index (Phi) is 17.7. The first-order valence-corrected chi connectivity index (χ1v) is 15.1. The summed E-state index contributed by atoms with van der Waals surface area (Å²) >= 11 is 0. The van der Waals surface area contributed by atoms with E-state index in [1.165, 1.54) is 21.6 Å². The van der Waals surface area contributed by atoms with Crippen molar-refractivity contribution in [3.63, 3.8) is 0 Å². The second-order valence-electron chi connectivity index (χ2n) is 12.6. The summed E-state index contributed by atoms with van der Waals surface area (Å²) in [6.07, 6.45) is 14.8. The van der Waals surface area contributed by atoms with Gasteiger partial charge in [-0.15, -0.1) is 0 Å². The molecule has 0 saturated heterocycles. The molecule has 3 unspecified atom stereocenters. The van der Waals surface area contributed by atoms with Gasteiger partial charge in [0.15, 0.2) is 0 Å². The van der Waals surface area contributed by atoms with Crippen molar-refractivity contribution in [1.29, 1.82) is 0 Å². The third-order valence-electron chi connectivity index (χ3n) is 6.97. The van der Waals surface area contributed by atoms with Crippen molar-refractivity contribution < 1.29 is 28.6 Å². The van der Waals surface area contributed by atoms with Gasteiger partial charge in [-0.1, -0.05) is 54.7 Å². The van der Waals surface area contributed by atoms with Gasteiger partial charge in [-0.25, -0.2) is 0 Å². The lowest BCUT2D eigenvalue weighted by atomic mass is 9.99. The Hall–Kier alpha value is -3.19. The monoisotopic (exact) mass is 599 g/mol. The van der Waals surface area contributed by atoms with E-state index < -0.39 is 34.7 Å². The van der Waals surface area contributed by atoms with Crippen LogP contribution in [0.2, 0.25) is 0 Å². The highest BCUT2D eigenvalue weighted by Gasteiger charge is 2.31. The standard InChI is InChI=1S/C36H57NO6/c1-13-34(10,22-16-19-28(4)5)41-31(38)25-37(26-32(39)42-35(11,14-2)23-17-20-29(6)7)27-33(40)43-36(12,15-3)24-18-21-30(8)9/h13-15,19-21H,1-3,16-18,22-27H2,4-12H3. The number of hydrogen-bond acceptors (Lipinski definition) is 7. The number of rotatable bonds is 21. The van der Waals surface area contributed by atoms with Gasteiger partial charge in [0.1, 0.15) is 16.8 Å². The van der Waals surface area contributed by atoms with Crippen LogP contribution in [-0.4, -0.2) is 59.2 Å². The van der Waals surface area contributed by atoms with Gasteiger partial charge >= 0.3 is 17.9 Å². The van der Waals surface area contributed by atoms with Crippen LogP contribution in [0.15, 0.2) is 72.9 Å². The Balaban J connectivity index is 5.80. The molecule has 0 aliphatic rings. The van der Waals surface area contributed by atoms with Gasteiger partial charge in [0.2, 0.25) is 0 Å². The van der Waals surface area contributed by atoms with E-state index in [2.05, 4.69) is 38.0 Å².